The van der Waals surface area contributed by atoms with Crippen molar-refractivity contribution in [3.63, 3.8) is 0 Å². The van der Waals surface area contributed by atoms with Crippen LogP contribution in [-0.4, -0.2) is 41.0 Å². The Morgan fingerprint density at radius 2 is 2.32 bits per heavy atom. The van der Waals surface area contributed by atoms with E-state index in [9.17, 15) is 4.79 Å². The Labute approximate surface area is 112 Å². The fourth-order valence-corrected chi connectivity index (χ4v) is 3.20. The lowest BCUT2D eigenvalue weighted by Gasteiger charge is -2.21. The average Bonchev–Trinajstić information content (AvgIpc) is 3.03. The summed E-state index contributed by atoms with van der Waals surface area (Å²) in [6.45, 7) is 2.26. The van der Waals surface area contributed by atoms with Gasteiger partial charge in [0.1, 0.15) is 0 Å². The Balaban J connectivity index is 1.71. The molecule has 0 spiro atoms. The van der Waals surface area contributed by atoms with Crippen LogP contribution in [0.2, 0.25) is 0 Å². The molecule has 1 amide bonds. The molecule has 0 aromatic carbocycles. The molecule has 4 N–H and O–H groups in total. The quantitative estimate of drug-likeness (QED) is 0.539. The van der Waals surface area contributed by atoms with Crippen LogP contribution in [0.4, 0.5) is 5.69 Å². The lowest BCUT2D eigenvalue weighted by Crippen LogP contribution is -2.42. The first-order valence-corrected chi connectivity index (χ1v) is 6.75. The summed E-state index contributed by atoms with van der Waals surface area (Å²) in [4.78, 5) is 18.7. The molecule has 0 aliphatic carbocycles. The van der Waals surface area contributed by atoms with Gasteiger partial charge >= 0.3 is 0 Å². The molecular formula is C13H19N5O. The maximum absolute atomic E-state index is 12.3. The van der Waals surface area contributed by atoms with Gasteiger partial charge in [-0.2, -0.15) is 0 Å². The van der Waals surface area contributed by atoms with E-state index in [0.29, 0.717) is 17.3 Å². The zero-order valence-electron chi connectivity index (χ0n) is 10.8. The molecule has 3 rings (SSSR count). The van der Waals surface area contributed by atoms with Crippen LogP contribution in [0.3, 0.4) is 0 Å². The first kappa shape index (κ1) is 12.4. The number of carbonyl (C=O) groups is 1. The summed E-state index contributed by atoms with van der Waals surface area (Å²) in [6.07, 6.45) is 6.62. The van der Waals surface area contributed by atoms with Gasteiger partial charge in [-0.05, 0) is 31.9 Å². The van der Waals surface area contributed by atoms with E-state index < -0.39 is 0 Å². The second-order valence-electron chi connectivity index (χ2n) is 5.18. The smallest absolute Gasteiger partial charge is 0.253 e. The summed E-state index contributed by atoms with van der Waals surface area (Å²) >= 11 is 0. The molecule has 2 atom stereocenters. The van der Waals surface area contributed by atoms with E-state index in [1.165, 1.54) is 19.4 Å². The number of nitrogens with two attached hydrogens (primary N) is 1. The zero-order chi connectivity index (χ0) is 13.2. The van der Waals surface area contributed by atoms with E-state index in [4.69, 9.17) is 5.84 Å². The number of nitrogen functional groups attached to an aromatic ring is 1. The number of anilines is 1. The second kappa shape index (κ2) is 5.14. The Kier molecular flexibility index (Phi) is 3.35. The van der Waals surface area contributed by atoms with Crippen LogP contribution in [0.1, 0.15) is 29.6 Å². The van der Waals surface area contributed by atoms with Crippen LogP contribution in [0.15, 0.2) is 18.5 Å². The maximum atomic E-state index is 12.3. The predicted molar refractivity (Wildman–Crippen MR) is 72.5 cm³/mol. The van der Waals surface area contributed by atoms with E-state index in [1.54, 1.807) is 18.5 Å². The van der Waals surface area contributed by atoms with Crippen molar-refractivity contribution in [2.75, 3.05) is 18.5 Å². The van der Waals surface area contributed by atoms with Crippen molar-refractivity contribution >= 4 is 11.6 Å². The third kappa shape index (κ3) is 2.29. The van der Waals surface area contributed by atoms with Crippen molar-refractivity contribution in [2.24, 2.45) is 5.84 Å². The topological polar surface area (TPSA) is 83.3 Å². The Morgan fingerprint density at radius 3 is 3.16 bits per heavy atom. The van der Waals surface area contributed by atoms with E-state index >= 15 is 0 Å². The van der Waals surface area contributed by atoms with Crippen molar-refractivity contribution < 1.29 is 4.79 Å². The van der Waals surface area contributed by atoms with E-state index in [1.807, 2.05) is 0 Å². The molecule has 1 aromatic heterocycles. The Hall–Kier alpha value is -1.66. The zero-order valence-corrected chi connectivity index (χ0v) is 10.8. The highest BCUT2D eigenvalue weighted by Crippen LogP contribution is 2.28. The van der Waals surface area contributed by atoms with Gasteiger partial charge in [-0.25, -0.2) is 0 Å². The monoisotopic (exact) mass is 261 g/mol. The van der Waals surface area contributed by atoms with Crippen molar-refractivity contribution in [3.8, 4) is 0 Å². The number of amides is 1. The van der Waals surface area contributed by atoms with Gasteiger partial charge in [0.15, 0.2) is 0 Å². The number of rotatable bonds is 3. The molecule has 0 saturated carbocycles. The molecular weight excluding hydrogens is 242 g/mol. The SMILES string of the molecule is NNc1cnccc1C(=O)NC1CCN2CCCC12. The summed E-state index contributed by atoms with van der Waals surface area (Å²) in [5.74, 6) is 5.33. The molecule has 19 heavy (non-hydrogen) atoms. The second-order valence-corrected chi connectivity index (χ2v) is 5.18. The molecule has 0 bridgehead atoms. The normalized spacial score (nSPS) is 26.2. The molecule has 6 heteroatoms. The highest BCUT2D eigenvalue weighted by molar-refractivity contribution is 5.99. The van der Waals surface area contributed by atoms with Crippen molar-refractivity contribution in [1.82, 2.24) is 15.2 Å². The first-order valence-electron chi connectivity index (χ1n) is 6.75. The number of fused-ring (bicyclic) bond motifs is 1. The molecule has 1 aromatic rings. The van der Waals surface area contributed by atoms with Crippen LogP contribution >= 0.6 is 0 Å². The van der Waals surface area contributed by atoms with E-state index in [-0.39, 0.29) is 11.9 Å². The lowest BCUT2D eigenvalue weighted by molar-refractivity contribution is 0.0930. The number of hydrogen-bond acceptors (Lipinski definition) is 5. The summed E-state index contributed by atoms with van der Waals surface area (Å²) in [7, 11) is 0. The number of hydrazine groups is 1. The van der Waals surface area contributed by atoms with Crippen LogP contribution in [0.25, 0.3) is 0 Å². The third-order valence-corrected chi connectivity index (χ3v) is 4.14. The van der Waals surface area contributed by atoms with Crippen LogP contribution in [0, 0.1) is 0 Å². The summed E-state index contributed by atoms with van der Waals surface area (Å²) < 4.78 is 0. The molecule has 0 radical (unpaired) electrons. The Bertz CT molecular complexity index is 478. The molecule has 2 saturated heterocycles. The number of nitrogens with one attached hydrogen (secondary N) is 2. The van der Waals surface area contributed by atoms with Gasteiger partial charge in [-0.3, -0.25) is 20.5 Å². The molecule has 102 valence electrons. The third-order valence-electron chi connectivity index (χ3n) is 4.14. The van der Waals surface area contributed by atoms with Crippen molar-refractivity contribution in [3.05, 3.63) is 24.0 Å². The number of hydrogen-bond donors (Lipinski definition) is 3. The minimum Gasteiger partial charge on any atom is -0.348 e. The minimum absolute atomic E-state index is 0.0749. The largest absolute Gasteiger partial charge is 0.348 e. The fraction of sp³-hybridized carbons (Fsp3) is 0.538. The number of carbonyl (C=O) groups excluding carboxylic acids is 1. The molecule has 2 aliphatic heterocycles. The summed E-state index contributed by atoms with van der Waals surface area (Å²) in [5, 5.41) is 3.14. The van der Waals surface area contributed by atoms with Crippen LogP contribution < -0.4 is 16.6 Å². The van der Waals surface area contributed by atoms with Gasteiger partial charge in [0.25, 0.3) is 5.91 Å². The van der Waals surface area contributed by atoms with E-state index in [2.05, 4.69) is 20.6 Å². The van der Waals surface area contributed by atoms with Gasteiger partial charge in [0, 0.05) is 24.8 Å². The average molecular weight is 261 g/mol. The first-order chi connectivity index (χ1) is 9.29. The van der Waals surface area contributed by atoms with Crippen LogP contribution in [-0.2, 0) is 0 Å². The molecule has 2 aliphatic rings. The molecule has 2 unspecified atom stereocenters. The highest BCUT2D eigenvalue weighted by Gasteiger charge is 2.37. The van der Waals surface area contributed by atoms with Gasteiger partial charge in [0.05, 0.1) is 17.4 Å². The fourth-order valence-electron chi connectivity index (χ4n) is 3.20. The van der Waals surface area contributed by atoms with Crippen molar-refractivity contribution in [1.29, 1.82) is 0 Å². The van der Waals surface area contributed by atoms with Gasteiger partial charge < -0.3 is 10.7 Å². The number of nitrogens with zero attached hydrogens (tertiary/aromatic N) is 2. The summed E-state index contributed by atoms with van der Waals surface area (Å²) in [5.41, 5.74) is 3.62. The van der Waals surface area contributed by atoms with Gasteiger partial charge in [-0.15, -0.1) is 0 Å². The number of pyridine rings is 1. The maximum Gasteiger partial charge on any atom is 0.253 e. The molecule has 3 heterocycles. The van der Waals surface area contributed by atoms with Gasteiger partial charge in [-0.1, -0.05) is 0 Å². The summed E-state index contributed by atoms with van der Waals surface area (Å²) in [6, 6.07) is 2.46. The molecule has 2 fully saturated rings. The standard InChI is InChI=1S/C13H19N5O/c14-17-11-8-15-5-3-9(11)13(19)16-10-4-7-18-6-1-2-12(10)18/h3,5,8,10,12,17H,1-2,4,6-7,14H2,(H,16,19). The minimum atomic E-state index is -0.0749. The lowest BCUT2D eigenvalue weighted by atomic mass is 10.1. The van der Waals surface area contributed by atoms with Crippen LogP contribution in [0.5, 0.6) is 0 Å². The van der Waals surface area contributed by atoms with E-state index in [0.717, 1.165) is 13.0 Å². The molecule has 6 nitrogen and oxygen atoms in total. The number of aromatic nitrogens is 1. The van der Waals surface area contributed by atoms with Gasteiger partial charge in [0.2, 0.25) is 0 Å². The highest BCUT2D eigenvalue weighted by atomic mass is 16.1. The Morgan fingerprint density at radius 1 is 1.42 bits per heavy atom. The van der Waals surface area contributed by atoms with Crippen molar-refractivity contribution in [2.45, 2.75) is 31.3 Å². The predicted octanol–water partition coefficient (Wildman–Crippen LogP) is 0.334.